The third-order valence-electron chi connectivity index (χ3n) is 5.49. The van der Waals surface area contributed by atoms with Crippen molar-refractivity contribution < 1.29 is 13.5 Å². The molecular weight excluding hydrogens is 404 g/mol. The molecule has 1 fully saturated rings. The van der Waals surface area contributed by atoms with Crippen LogP contribution in [0, 0.1) is 5.92 Å². The second-order valence-corrected chi connectivity index (χ2v) is 9.10. The number of sulfonamides is 1. The molecule has 1 atom stereocenters. The standard InChI is InChI=1S/C20H24N6O3S/c21-30(28,29)18-3-1-2-17(19(18)20-22-24-25-23-20)16-6-4-14(5-7-16)12-26-10-8-15(13-26)9-11-27/h1-7,15,27H,8-13H2,(H2,21,28,29)(H,22,23,24,25). The molecule has 1 saturated heterocycles. The molecule has 1 unspecified atom stereocenters. The van der Waals surface area contributed by atoms with Gasteiger partial charge in [-0.05, 0) is 58.5 Å². The number of aliphatic hydroxyl groups is 1. The van der Waals surface area contributed by atoms with Crippen molar-refractivity contribution in [2.75, 3.05) is 19.7 Å². The molecule has 0 amide bonds. The Morgan fingerprint density at radius 1 is 1.20 bits per heavy atom. The number of aromatic amines is 1. The summed E-state index contributed by atoms with van der Waals surface area (Å²) in [4.78, 5) is 2.36. The van der Waals surface area contributed by atoms with Crippen molar-refractivity contribution in [1.82, 2.24) is 25.5 Å². The van der Waals surface area contributed by atoms with Gasteiger partial charge < -0.3 is 5.11 Å². The van der Waals surface area contributed by atoms with E-state index in [1.54, 1.807) is 6.07 Å². The zero-order valence-electron chi connectivity index (χ0n) is 16.4. The Bertz CT molecular complexity index is 1100. The van der Waals surface area contributed by atoms with Gasteiger partial charge in [0.2, 0.25) is 10.0 Å². The molecule has 9 nitrogen and oxygen atoms in total. The molecule has 1 aromatic heterocycles. The van der Waals surface area contributed by atoms with Crippen LogP contribution in [-0.4, -0.2) is 58.7 Å². The fourth-order valence-corrected chi connectivity index (χ4v) is 4.80. The zero-order valence-corrected chi connectivity index (χ0v) is 17.2. The van der Waals surface area contributed by atoms with Crippen LogP contribution in [0.3, 0.4) is 0 Å². The SMILES string of the molecule is NS(=O)(=O)c1cccc(-c2ccc(CN3CCC(CCO)C3)cc2)c1-c1nnn[nH]1. The van der Waals surface area contributed by atoms with Crippen molar-refractivity contribution in [2.24, 2.45) is 11.1 Å². The van der Waals surface area contributed by atoms with E-state index in [1.807, 2.05) is 30.3 Å². The molecule has 158 valence electrons. The number of hydrogen-bond donors (Lipinski definition) is 3. The lowest BCUT2D eigenvalue weighted by Crippen LogP contribution is -2.20. The maximum absolute atomic E-state index is 12.1. The average Bonchev–Trinajstić information content (AvgIpc) is 3.40. The van der Waals surface area contributed by atoms with Gasteiger partial charge in [0.1, 0.15) is 0 Å². The Balaban J connectivity index is 1.62. The maximum Gasteiger partial charge on any atom is 0.238 e. The van der Waals surface area contributed by atoms with Gasteiger partial charge in [0.25, 0.3) is 0 Å². The van der Waals surface area contributed by atoms with E-state index in [9.17, 15) is 8.42 Å². The summed E-state index contributed by atoms with van der Waals surface area (Å²) >= 11 is 0. The van der Waals surface area contributed by atoms with Gasteiger partial charge in [0, 0.05) is 25.3 Å². The number of primary sulfonamides is 1. The maximum atomic E-state index is 12.1. The molecule has 4 N–H and O–H groups in total. The summed E-state index contributed by atoms with van der Waals surface area (Å²) in [6.07, 6.45) is 1.97. The minimum absolute atomic E-state index is 0.0328. The molecule has 1 aliphatic rings. The number of nitrogens with one attached hydrogen (secondary N) is 1. The van der Waals surface area contributed by atoms with Crippen LogP contribution in [0.4, 0.5) is 0 Å². The van der Waals surface area contributed by atoms with Crippen LogP contribution in [0.5, 0.6) is 0 Å². The summed E-state index contributed by atoms with van der Waals surface area (Å²) in [5, 5.41) is 28.2. The molecule has 2 aromatic carbocycles. The first kappa shape index (κ1) is 20.6. The Labute approximate surface area is 175 Å². The number of rotatable bonds is 7. The van der Waals surface area contributed by atoms with Crippen molar-refractivity contribution in [3.05, 3.63) is 48.0 Å². The lowest BCUT2D eigenvalue weighted by atomic mass is 9.98. The van der Waals surface area contributed by atoms with Gasteiger partial charge >= 0.3 is 0 Å². The number of tetrazole rings is 1. The highest BCUT2D eigenvalue weighted by Gasteiger charge is 2.23. The van der Waals surface area contributed by atoms with Crippen LogP contribution >= 0.6 is 0 Å². The fourth-order valence-electron chi connectivity index (χ4n) is 4.04. The van der Waals surface area contributed by atoms with Crippen molar-refractivity contribution in [3.8, 4) is 22.5 Å². The van der Waals surface area contributed by atoms with E-state index in [4.69, 9.17) is 10.2 Å². The van der Waals surface area contributed by atoms with E-state index in [1.165, 1.54) is 11.6 Å². The highest BCUT2D eigenvalue weighted by molar-refractivity contribution is 7.89. The van der Waals surface area contributed by atoms with Gasteiger partial charge in [0.05, 0.1) is 4.90 Å². The van der Waals surface area contributed by atoms with Gasteiger partial charge in [-0.3, -0.25) is 4.90 Å². The summed E-state index contributed by atoms with van der Waals surface area (Å²) in [7, 11) is -3.96. The van der Waals surface area contributed by atoms with E-state index in [0.717, 1.165) is 38.0 Å². The second kappa shape index (κ2) is 8.60. The quantitative estimate of drug-likeness (QED) is 0.517. The summed E-state index contributed by atoms with van der Waals surface area (Å²) in [5.41, 5.74) is 3.05. The van der Waals surface area contributed by atoms with Gasteiger partial charge in [-0.1, -0.05) is 36.4 Å². The molecular formula is C20H24N6O3S. The fraction of sp³-hybridized carbons (Fsp3) is 0.350. The minimum Gasteiger partial charge on any atom is -0.396 e. The van der Waals surface area contributed by atoms with Crippen LogP contribution < -0.4 is 5.14 Å². The third kappa shape index (κ3) is 4.41. The topological polar surface area (TPSA) is 138 Å². The van der Waals surface area contributed by atoms with E-state index in [2.05, 4.69) is 25.5 Å². The van der Waals surface area contributed by atoms with Gasteiger partial charge in [-0.25, -0.2) is 18.7 Å². The van der Waals surface area contributed by atoms with Crippen molar-refractivity contribution in [2.45, 2.75) is 24.3 Å². The molecule has 0 aliphatic carbocycles. The second-order valence-electron chi connectivity index (χ2n) is 7.57. The lowest BCUT2D eigenvalue weighted by molar-refractivity contribution is 0.249. The Morgan fingerprint density at radius 3 is 2.67 bits per heavy atom. The predicted octanol–water partition coefficient (Wildman–Crippen LogP) is 1.39. The van der Waals surface area contributed by atoms with E-state index >= 15 is 0 Å². The Hall–Kier alpha value is -2.66. The van der Waals surface area contributed by atoms with E-state index in [-0.39, 0.29) is 17.3 Å². The van der Waals surface area contributed by atoms with E-state index < -0.39 is 10.0 Å². The largest absolute Gasteiger partial charge is 0.396 e. The molecule has 0 bridgehead atoms. The van der Waals surface area contributed by atoms with E-state index in [0.29, 0.717) is 17.0 Å². The zero-order chi connectivity index (χ0) is 21.1. The predicted molar refractivity (Wildman–Crippen MR) is 112 cm³/mol. The van der Waals surface area contributed by atoms with Crippen molar-refractivity contribution in [3.63, 3.8) is 0 Å². The van der Waals surface area contributed by atoms with Gasteiger partial charge in [-0.15, -0.1) is 5.10 Å². The van der Waals surface area contributed by atoms with Crippen molar-refractivity contribution >= 4 is 10.0 Å². The van der Waals surface area contributed by atoms with Gasteiger partial charge in [-0.2, -0.15) is 0 Å². The number of H-pyrrole nitrogens is 1. The normalized spacial score (nSPS) is 17.5. The lowest BCUT2D eigenvalue weighted by Gasteiger charge is -2.17. The first-order valence-electron chi connectivity index (χ1n) is 9.78. The molecule has 0 radical (unpaired) electrons. The minimum atomic E-state index is -3.96. The Kier molecular flexibility index (Phi) is 5.91. The number of hydrogen-bond acceptors (Lipinski definition) is 7. The van der Waals surface area contributed by atoms with Crippen LogP contribution in [0.1, 0.15) is 18.4 Å². The molecule has 2 heterocycles. The molecule has 4 rings (SSSR count). The smallest absolute Gasteiger partial charge is 0.238 e. The number of nitrogens with zero attached hydrogens (tertiary/aromatic N) is 4. The molecule has 0 spiro atoms. The van der Waals surface area contributed by atoms with Crippen LogP contribution in [0.2, 0.25) is 0 Å². The molecule has 30 heavy (non-hydrogen) atoms. The number of nitrogens with two attached hydrogens (primary N) is 1. The molecule has 0 saturated carbocycles. The third-order valence-corrected chi connectivity index (χ3v) is 6.45. The highest BCUT2D eigenvalue weighted by atomic mass is 32.2. The summed E-state index contributed by atoms with van der Waals surface area (Å²) in [6.45, 7) is 3.12. The van der Waals surface area contributed by atoms with Crippen LogP contribution in [0.15, 0.2) is 47.4 Å². The highest BCUT2D eigenvalue weighted by Crippen LogP contribution is 2.35. The summed E-state index contributed by atoms with van der Waals surface area (Å²) in [5.74, 6) is 0.805. The summed E-state index contributed by atoms with van der Waals surface area (Å²) < 4.78 is 24.3. The van der Waals surface area contributed by atoms with Crippen LogP contribution in [0.25, 0.3) is 22.5 Å². The Morgan fingerprint density at radius 2 is 2.00 bits per heavy atom. The summed E-state index contributed by atoms with van der Waals surface area (Å²) in [6, 6.07) is 12.9. The first-order valence-corrected chi connectivity index (χ1v) is 11.3. The average molecular weight is 429 g/mol. The van der Waals surface area contributed by atoms with Crippen molar-refractivity contribution in [1.29, 1.82) is 0 Å². The van der Waals surface area contributed by atoms with Crippen LogP contribution in [-0.2, 0) is 16.6 Å². The number of likely N-dealkylation sites (tertiary alicyclic amines) is 1. The number of benzene rings is 2. The number of aromatic nitrogens is 4. The molecule has 10 heteroatoms. The molecule has 1 aliphatic heterocycles. The van der Waals surface area contributed by atoms with Gasteiger partial charge in [0.15, 0.2) is 5.82 Å². The first-order chi connectivity index (χ1) is 14.5. The number of aliphatic hydroxyl groups excluding tert-OH is 1. The monoisotopic (exact) mass is 428 g/mol. The molecule has 3 aromatic rings.